The van der Waals surface area contributed by atoms with Gasteiger partial charge in [-0.2, -0.15) is 0 Å². The van der Waals surface area contributed by atoms with Gasteiger partial charge < -0.3 is 14.2 Å². The largest absolute Gasteiger partial charge is 0.462 e. The highest BCUT2D eigenvalue weighted by Crippen LogP contribution is 2.14. The van der Waals surface area contributed by atoms with Crippen LogP contribution in [0.3, 0.4) is 0 Å². The highest BCUT2D eigenvalue weighted by molar-refractivity contribution is 5.71. The fourth-order valence-corrected chi connectivity index (χ4v) is 8.26. The molecule has 6 nitrogen and oxygen atoms in total. The maximum absolute atomic E-state index is 12.9. The summed E-state index contributed by atoms with van der Waals surface area (Å²) in [6.07, 6.45) is 104. The molecule has 0 aromatic rings. The molecule has 0 amide bonds. The summed E-state index contributed by atoms with van der Waals surface area (Å²) in [5.41, 5.74) is 0. The number of unbranched alkanes of at least 4 members (excludes halogenated alkanes) is 14. The average molecular weight is 1140 g/mol. The first-order valence-electron chi connectivity index (χ1n) is 32.9. The molecule has 462 valence electrons. The fraction of sp³-hybridized carbons (Fsp3) is 0.545. The van der Waals surface area contributed by atoms with E-state index in [1.165, 1.54) is 19.3 Å². The van der Waals surface area contributed by atoms with Crippen molar-refractivity contribution in [1.29, 1.82) is 0 Å². The monoisotopic (exact) mass is 1140 g/mol. The van der Waals surface area contributed by atoms with Crippen LogP contribution in [0, 0.1) is 0 Å². The van der Waals surface area contributed by atoms with Gasteiger partial charge in [0.05, 0.1) is 0 Å². The molecule has 0 aromatic heterocycles. The molecule has 0 fully saturated rings. The van der Waals surface area contributed by atoms with Crippen LogP contribution in [0.1, 0.15) is 252 Å². The van der Waals surface area contributed by atoms with E-state index in [9.17, 15) is 14.4 Å². The predicted molar refractivity (Wildman–Crippen MR) is 361 cm³/mol. The number of hydrogen-bond donors (Lipinski definition) is 0. The van der Waals surface area contributed by atoms with Crippen molar-refractivity contribution in [2.75, 3.05) is 13.2 Å². The van der Waals surface area contributed by atoms with Crippen LogP contribution in [0.15, 0.2) is 194 Å². The van der Waals surface area contributed by atoms with Gasteiger partial charge in [0.25, 0.3) is 0 Å². The van der Waals surface area contributed by atoms with Gasteiger partial charge in [0.15, 0.2) is 6.10 Å². The van der Waals surface area contributed by atoms with Crippen LogP contribution in [0.2, 0.25) is 0 Å². The molecule has 1 unspecified atom stereocenters. The first kappa shape index (κ1) is 77.2. The third-order valence-corrected chi connectivity index (χ3v) is 13.1. The summed E-state index contributed by atoms with van der Waals surface area (Å²) >= 11 is 0. The van der Waals surface area contributed by atoms with Crippen LogP contribution in [0.5, 0.6) is 0 Å². The molecule has 0 saturated carbocycles. The molecule has 0 bridgehead atoms. The Kier molecular flexibility index (Phi) is 64.0. The quantitative estimate of drug-likeness (QED) is 0.0261. The van der Waals surface area contributed by atoms with Gasteiger partial charge in [-0.25, -0.2) is 0 Å². The topological polar surface area (TPSA) is 78.9 Å². The molecule has 0 rings (SSSR count). The van der Waals surface area contributed by atoms with E-state index in [1.807, 2.05) is 0 Å². The molecule has 0 N–H and O–H groups in total. The van der Waals surface area contributed by atoms with Crippen molar-refractivity contribution < 1.29 is 28.6 Å². The minimum Gasteiger partial charge on any atom is -0.462 e. The molecule has 0 radical (unpaired) electrons. The van der Waals surface area contributed by atoms with Crippen LogP contribution >= 0.6 is 0 Å². The molecule has 0 aliphatic heterocycles. The highest BCUT2D eigenvalue weighted by Gasteiger charge is 2.19. The van der Waals surface area contributed by atoms with E-state index < -0.39 is 6.10 Å². The van der Waals surface area contributed by atoms with Crippen molar-refractivity contribution in [3.8, 4) is 0 Å². The zero-order chi connectivity index (χ0) is 59.9. The van der Waals surface area contributed by atoms with Crippen molar-refractivity contribution in [1.82, 2.24) is 0 Å². The van der Waals surface area contributed by atoms with E-state index in [0.29, 0.717) is 19.3 Å². The van der Waals surface area contributed by atoms with Gasteiger partial charge >= 0.3 is 17.9 Å². The summed E-state index contributed by atoms with van der Waals surface area (Å²) in [6.45, 7) is 6.23. The smallest absolute Gasteiger partial charge is 0.306 e. The summed E-state index contributed by atoms with van der Waals surface area (Å²) in [5.74, 6) is -0.993. The lowest BCUT2D eigenvalue weighted by molar-refractivity contribution is -0.167. The van der Waals surface area contributed by atoms with Crippen LogP contribution in [-0.4, -0.2) is 37.2 Å². The minimum absolute atomic E-state index is 0.115. The predicted octanol–water partition coefficient (Wildman–Crippen LogP) is 23.0. The lowest BCUT2D eigenvalue weighted by atomic mass is 10.1. The lowest BCUT2D eigenvalue weighted by Gasteiger charge is -2.18. The van der Waals surface area contributed by atoms with E-state index in [4.69, 9.17) is 14.2 Å². The van der Waals surface area contributed by atoms with E-state index in [-0.39, 0.29) is 37.5 Å². The van der Waals surface area contributed by atoms with Gasteiger partial charge in [-0.05, 0) is 161 Å². The second kappa shape index (κ2) is 68.7. The van der Waals surface area contributed by atoms with E-state index in [0.717, 1.165) is 186 Å². The Morgan fingerprint density at radius 3 is 0.699 bits per heavy atom. The first-order chi connectivity index (χ1) is 41.0. The zero-order valence-electron chi connectivity index (χ0n) is 52.9. The Labute approximate surface area is 509 Å². The zero-order valence-corrected chi connectivity index (χ0v) is 52.9. The van der Waals surface area contributed by atoms with Crippen molar-refractivity contribution in [2.24, 2.45) is 0 Å². The first-order valence-corrected chi connectivity index (χ1v) is 32.9. The number of carbonyl (C=O) groups is 3. The molecule has 0 aromatic carbocycles. The highest BCUT2D eigenvalue weighted by atomic mass is 16.6. The summed E-state index contributed by atoms with van der Waals surface area (Å²) in [6, 6.07) is 0. The van der Waals surface area contributed by atoms with Crippen molar-refractivity contribution in [3.05, 3.63) is 194 Å². The molecular formula is C77H118O6. The minimum atomic E-state index is -0.821. The van der Waals surface area contributed by atoms with E-state index >= 15 is 0 Å². The maximum Gasteiger partial charge on any atom is 0.306 e. The van der Waals surface area contributed by atoms with E-state index in [2.05, 4.69) is 215 Å². The van der Waals surface area contributed by atoms with Gasteiger partial charge in [-0.1, -0.05) is 267 Å². The Bertz CT molecular complexity index is 1990. The summed E-state index contributed by atoms with van der Waals surface area (Å²) in [4.78, 5) is 38.3. The summed E-state index contributed by atoms with van der Waals surface area (Å²) in [7, 11) is 0. The summed E-state index contributed by atoms with van der Waals surface area (Å²) in [5, 5.41) is 0. The number of esters is 3. The molecule has 0 heterocycles. The SMILES string of the molecule is CC/C=C\C/C=C\C/C=C\C/C=C\C/C=C\C/C=C\C/C=C\C/C=C\C/C=C\C/C=C\CCCCC(=O)OCC(COC(=O)CCCCCCC/C=C\C/C=C\C/C=C\CC)OC(=O)CCCCCCCCC/C=C\C/C=C\C/C=C\CC. The van der Waals surface area contributed by atoms with Gasteiger partial charge in [0.1, 0.15) is 13.2 Å². The van der Waals surface area contributed by atoms with Crippen molar-refractivity contribution >= 4 is 17.9 Å². The Morgan fingerprint density at radius 1 is 0.241 bits per heavy atom. The van der Waals surface area contributed by atoms with Crippen LogP contribution in [0.25, 0.3) is 0 Å². The molecule has 1 atom stereocenters. The fourth-order valence-electron chi connectivity index (χ4n) is 8.26. The number of ether oxygens (including phenoxy) is 3. The van der Waals surface area contributed by atoms with Crippen molar-refractivity contribution in [3.63, 3.8) is 0 Å². The molecular weight excluding hydrogens is 1020 g/mol. The van der Waals surface area contributed by atoms with Gasteiger partial charge in [0.2, 0.25) is 0 Å². The van der Waals surface area contributed by atoms with Crippen LogP contribution in [-0.2, 0) is 28.6 Å². The Morgan fingerprint density at radius 2 is 0.434 bits per heavy atom. The van der Waals surface area contributed by atoms with E-state index in [1.54, 1.807) is 0 Å². The van der Waals surface area contributed by atoms with Gasteiger partial charge in [-0.15, -0.1) is 0 Å². The van der Waals surface area contributed by atoms with Gasteiger partial charge in [-0.3, -0.25) is 14.4 Å². The third kappa shape index (κ3) is 66.9. The molecule has 0 aliphatic carbocycles. The molecule has 0 saturated heterocycles. The second-order valence-electron chi connectivity index (χ2n) is 20.9. The van der Waals surface area contributed by atoms with Crippen molar-refractivity contribution in [2.45, 2.75) is 258 Å². The standard InChI is InChI=1S/C77H118O6/c1-4-7-10-13-16-19-22-25-28-30-31-32-33-34-35-36-37-38-39-40-41-42-43-44-45-47-49-52-55-58-61-64-67-70-76(79)82-73-74(72-81-75(78)69-66-63-60-57-54-51-48-27-24-21-18-15-12-9-6-3)83-77(80)71-68-65-62-59-56-53-50-46-29-26-23-20-17-14-11-8-5-2/h7-12,16-21,25-29,31-32,34-35,37-38,40-41,43-44,47-49,55,58,74H,4-6,13-15,22-24,30,33,36,39,42,45-46,50-54,56-57,59-73H2,1-3H3/b10-7-,11-8-,12-9-,19-16-,20-17-,21-18-,28-25-,29-26-,32-31-,35-34-,38-37-,41-40-,44-43-,48-27-,49-47-,58-55-. The number of carbonyl (C=O) groups excluding carboxylic acids is 3. The lowest BCUT2D eigenvalue weighted by Crippen LogP contribution is -2.30. The normalized spacial score (nSPS) is 13.4. The number of allylic oxidation sites excluding steroid dienone is 32. The average Bonchev–Trinajstić information content (AvgIpc) is 3.49. The molecule has 6 heteroatoms. The third-order valence-electron chi connectivity index (χ3n) is 13.1. The summed E-state index contributed by atoms with van der Waals surface area (Å²) < 4.78 is 16.9. The van der Waals surface area contributed by atoms with Gasteiger partial charge in [0, 0.05) is 19.3 Å². The molecule has 0 aliphatic rings. The second-order valence-corrected chi connectivity index (χ2v) is 20.9. The van der Waals surface area contributed by atoms with Crippen LogP contribution < -0.4 is 0 Å². The number of rotatable bonds is 57. The van der Waals surface area contributed by atoms with Crippen LogP contribution in [0.4, 0.5) is 0 Å². The Hall–Kier alpha value is -5.75. The maximum atomic E-state index is 12.9. The molecule has 83 heavy (non-hydrogen) atoms. The Balaban J connectivity index is 4.46. The molecule has 0 spiro atoms. The number of hydrogen-bond acceptors (Lipinski definition) is 6.